The van der Waals surface area contributed by atoms with Crippen LogP contribution in [0.15, 0.2) is 39.5 Å². The van der Waals surface area contributed by atoms with E-state index in [-0.39, 0.29) is 0 Å². The van der Waals surface area contributed by atoms with Crippen molar-refractivity contribution in [3.8, 4) is 5.75 Å². The summed E-state index contributed by atoms with van der Waals surface area (Å²) in [7, 11) is 1.59. The number of hydrogen-bond donors (Lipinski definition) is 0. The molecular weight excluding hydrogens is 323 g/mol. The summed E-state index contributed by atoms with van der Waals surface area (Å²) in [4.78, 5) is 9.53. The average Bonchev–Trinajstić information content (AvgIpc) is 2.43. The van der Waals surface area contributed by atoms with Crippen molar-refractivity contribution >= 4 is 46.7 Å². The fraction of sp³-hybridized carbons (Fsp3) is 0.167. The van der Waals surface area contributed by atoms with E-state index < -0.39 is 0 Å². The van der Waals surface area contributed by atoms with E-state index in [1.165, 1.54) is 23.5 Å². The van der Waals surface area contributed by atoms with Crippen LogP contribution in [0.4, 0.5) is 0 Å². The van der Waals surface area contributed by atoms with Crippen LogP contribution in [-0.4, -0.2) is 23.3 Å². The lowest BCUT2D eigenvalue weighted by atomic mass is 10.4. The van der Waals surface area contributed by atoms with Gasteiger partial charge in [0.15, 0.2) is 10.9 Å². The van der Waals surface area contributed by atoms with Gasteiger partial charge in [0.1, 0.15) is 5.03 Å². The molecule has 100 valence electrons. The zero-order valence-electron chi connectivity index (χ0n) is 10.2. The van der Waals surface area contributed by atoms with Crippen LogP contribution >= 0.6 is 46.7 Å². The Morgan fingerprint density at radius 1 is 1.21 bits per heavy atom. The van der Waals surface area contributed by atoms with Crippen LogP contribution in [0, 0.1) is 0 Å². The maximum atomic E-state index is 6.00. The fourth-order valence-corrected chi connectivity index (χ4v) is 2.97. The minimum atomic E-state index is 0.518. The van der Waals surface area contributed by atoms with Crippen molar-refractivity contribution < 1.29 is 4.74 Å². The number of halogens is 2. The minimum Gasteiger partial charge on any atom is -0.492 e. The predicted molar refractivity (Wildman–Crippen MR) is 81.0 cm³/mol. The largest absolute Gasteiger partial charge is 0.492 e. The third kappa shape index (κ3) is 3.69. The fourth-order valence-electron chi connectivity index (χ4n) is 1.30. The summed E-state index contributed by atoms with van der Waals surface area (Å²) in [5.41, 5.74) is 0. The molecule has 0 spiro atoms. The molecule has 2 aromatic rings. The summed E-state index contributed by atoms with van der Waals surface area (Å²) < 4.78 is 5.26. The van der Waals surface area contributed by atoms with Gasteiger partial charge in [-0.3, -0.25) is 0 Å². The van der Waals surface area contributed by atoms with Crippen molar-refractivity contribution in [2.75, 3.05) is 13.4 Å². The normalized spacial score (nSPS) is 10.5. The smallest absolute Gasteiger partial charge is 0.188 e. The molecule has 0 fully saturated rings. The number of rotatable bonds is 4. The van der Waals surface area contributed by atoms with Crippen LogP contribution in [0.3, 0.4) is 0 Å². The third-order valence-corrected chi connectivity index (χ3v) is 4.48. The van der Waals surface area contributed by atoms with Gasteiger partial charge in [-0.05, 0) is 24.5 Å². The zero-order chi connectivity index (χ0) is 13.8. The number of aromatic nitrogens is 2. The zero-order valence-corrected chi connectivity index (χ0v) is 13.3. The lowest BCUT2D eigenvalue weighted by Crippen LogP contribution is -1.94. The molecule has 0 saturated carbocycles. The van der Waals surface area contributed by atoms with E-state index in [4.69, 9.17) is 27.9 Å². The summed E-state index contributed by atoms with van der Waals surface area (Å²) in [5.74, 6) is 0.633. The first kappa shape index (κ1) is 14.8. The van der Waals surface area contributed by atoms with E-state index in [1.54, 1.807) is 25.4 Å². The van der Waals surface area contributed by atoms with E-state index in [0.29, 0.717) is 21.0 Å². The lowest BCUT2D eigenvalue weighted by Gasteiger charge is -2.08. The highest BCUT2D eigenvalue weighted by molar-refractivity contribution is 7.99. The maximum absolute atomic E-state index is 6.00. The van der Waals surface area contributed by atoms with Crippen molar-refractivity contribution in [1.29, 1.82) is 0 Å². The van der Waals surface area contributed by atoms with Gasteiger partial charge in [-0.25, -0.2) is 9.97 Å². The Morgan fingerprint density at radius 3 is 2.63 bits per heavy atom. The van der Waals surface area contributed by atoms with Gasteiger partial charge < -0.3 is 4.74 Å². The maximum Gasteiger partial charge on any atom is 0.188 e. The lowest BCUT2D eigenvalue weighted by molar-refractivity contribution is 0.395. The Morgan fingerprint density at radius 2 is 2.00 bits per heavy atom. The standard InChI is InChI=1S/C12H10Cl2N2OS2/c1-17-10-6-15-12(18-2)16-11(10)19-7-3-4-8(13)9(14)5-7/h3-6H,1-2H3. The molecule has 0 bridgehead atoms. The van der Waals surface area contributed by atoms with E-state index in [2.05, 4.69) is 9.97 Å². The molecule has 0 radical (unpaired) electrons. The molecular formula is C12H10Cl2N2OS2. The first-order valence-electron chi connectivity index (χ1n) is 5.22. The quantitative estimate of drug-likeness (QED) is 0.462. The Bertz CT molecular complexity index is 596. The van der Waals surface area contributed by atoms with Gasteiger partial charge in [-0.2, -0.15) is 0 Å². The SMILES string of the molecule is COc1cnc(SC)nc1Sc1ccc(Cl)c(Cl)c1. The second-order valence-corrected chi connectivity index (χ2v) is 6.06. The van der Waals surface area contributed by atoms with Gasteiger partial charge >= 0.3 is 0 Å². The number of hydrogen-bond acceptors (Lipinski definition) is 5. The second-order valence-electron chi connectivity index (χ2n) is 3.41. The first-order chi connectivity index (χ1) is 9.13. The topological polar surface area (TPSA) is 35.0 Å². The van der Waals surface area contributed by atoms with Crippen LogP contribution < -0.4 is 4.74 Å². The molecule has 0 aliphatic rings. The molecule has 0 atom stereocenters. The number of benzene rings is 1. The molecule has 1 heterocycles. The van der Waals surface area contributed by atoms with Gasteiger partial charge in [0.25, 0.3) is 0 Å². The molecule has 0 unspecified atom stereocenters. The van der Waals surface area contributed by atoms with E-state index in [1.807, 2.05) is 12.3 Å². The third-order valence-electron chi connectivity index (χ3n) is 2.21. The van der Waals surface area contributed by atoms with Crippen molar-refractivity contribution in [3.05, 3.63) is 34.4 Å². The Kier molecular flexibility index (Phi) is 5.21. The molecule has 0 aliphatic carbocycles. The van der Waals surface area contributed by atoms with Gasteiger partial charge in [0.05, 0.1) is 23.4 Å². The van der Waals surface area contributed by atoms with Crippen molar-refractivity contribution in [1.82, 2.24) is 9.97 Å². The van der Waals surface area contributed by atoms with Crippen molar-refractivity contribution in [2.24, 2.45) is 0 Å². The van der Waals surface area contributed by atoms with Gasteiger partial charge in [0.2, 0.25) is 0 Å². The van der Waals surface area contributed by atoms with Crippen molar-refractivity contribution in [3.63, 3.8) is 0 Å². The number of thioether (sulfide) groups is 1. The summed E-state index contributed by atoms with van der Waals surface area (Å²) in [6.45, 7) is 0. The van der Waals surface area contributed by atoms with Crippen molar-refractivity contribution in [2.45, 2.75) is 15.1 Å². The average molecular weight is 333 g/mol. The molecule has 0 N–H and O–H groups in total. The molecule has 7 heteroatoms. The Labute approximate surface area is 130 Å². The molecule has 1 aromatic carbocycles. The molecule has 3 nitrogen and oxygen atoms in total. The van der Waals surface area contributed by atoms with E-state index in [0.717, 1.165) is 9.92 Å². The van der Waals surface area contributed by atoms with Crippen LogP contribution in [0.2, 0.25) is 10.0 Å². The van der Waals surface area contributed by atoms with Gasteiger partial charge in [-0.1, -0.05) is 46.7 Å². The van der Waals surface area contributed by atoms with Crippen LogP contribution in [0.5, 0.6) is 5.75 Å². The molecule has 2 rings (SSSR count). The predicted octanol–water partition coefficient (Wildman–Crippen LogP) is 4.67. The van der Waals surface area contributed by atoms with Crippen LogP contribution in [0.25, 0.3) is 0 Å². The summed E-state index contributed by atoms with van der Waals surface area (Å²) in [5, 5.41) is 2.50. The minimum absolute atomic E-state index is 0.518. The second kappa shape index (κ2) is 6.70. The highest BCUT2D eigenvalue weighted by Crippen LogP contribution is 2.36. The molecule has 0 saturated heterocycles. The molecule has 1 aromatic heterocycles. The summed E-state index contributed by atoms with van der Waals surface area (Å²) >= 11 is 14.8. The highest BCUT2D eigenvalue weighted by Gasteiger charge is 2.10. The Balaban J connectivity index is 2.33. The molecule has 19 heavy (non-hydrogen) atoms. The molecule has 0 amide bonds. The van der Waals surface area contributed by atoms with Crippen LogP contribution in [0.1, 0.15) is 0 Å². The number of methoxy groups -OCH3 is 1. The van der Waals surface area contributed by atoms with Gasteiger partial charge in [-0.15, -0.1) is 0 Å². The molecule has 0 aliphatic heterocycles. The van der Waals surface area contributed by atoms with Crippen LogP contribution in [-0.2, 0) is 0 Å². The van der Waals surface area contributed by atoms with Gasteiger partial charge in [0, 0.05) is 4.90 Å². The number of nitrogens with zero attached hydrogens (tertiary/aromatic N) is 2. The van der Waals surface area contributed by atoms with E-state index >= 15 is 0 Å². The van der Waals surface area contributed by atoms with E-state index in [9.17, 15) is 0 Å². The summed E-state index contributed by atoms with van der Waals surface area (Å²) in [6, 6.07) is 5.45. The first-order valence-corrected chi connectivity index (χ1v) is 8.01. The highest BCUT2D eigenvalue weighted by atomic mass is 35.5. The Hall–Kier alpha value is -0.620. The summed E-state index contributed by atoms with van der Waals surface area (Å²) in [6.07, 6.45) is 3.59. The monoisotopic (exact) mass is 332 g/mol. The number of ether oxygens (including phenoxy) is 1.